The molecule has 0 spiro atoms. The van der Waals surface area contributed by atoms with E-state index in [0.29, 0.717) is 24.2 Å². The van der Waals surface area contributed by atoms with Crippen molar-refractivity contribution >= 4 is 11.6 Å². The van der Waals surface area contributed by atoms with Crippen LogP contribution in [0.2, 0.25) is 0 Å². The third kappa shape index (κ3) is 4.51. The van der Waals surface area contributed by atoms with Gasteiger partial charge in [-0.05, 0) is 49.3 Å². The highest BCUT2D eigenvalue weighted by atomic mass is 16.5. The Morgan fingerprint density at radius 1 is 1.36 bits per heavy atom. The van der Waals surface area contributed by atoms with E-state index in [9.17, 15) is 4.79 Å². The lowest BCUT2D eigenvalue weighted by molar-refractivity contribution is 0.0987. The van der Waals surface area contributed by atoms with Crippen molar-refractivity contribution in [3.8, 4) is 11.6 Å². The lowest BCUT2D eigenvalue weighted by Crippen LogP contribution is -2.39. The third-order valence-corrected chi connectivity index (χ3v) is 4.45. The molecule has 7 nitrogen and oxygen atoms in total. The summed E-state index contributed by atoms with van der Waals surface area (Å²) >= 11 is 0. The highest BCUT2D eigenvalue weighted by Gasteiger charge is 2.21. The fourth-order valence-electron chi connectivity index (χ4n) is 2.61. The van der Waals surface area contributed by atoms with Crippen molar-refractivity contribution in [3.05, 3.63) is 36.1 Å². The Balaban J connectivity index is 1.47. The Morgan fingerprint density at radius 2 is 2.12 bits per heavy atom. The zero-order valence-electron chi connectivity index (χ0n) is 14.5. The van der Waals surface area contributed by atoms with Gasteiger partial charge < -0.3 is 24.2 Å². The molecule has 1 aromatic carbocycles. The SMILES string of the molecule is COc1ccc(NC(=O)c2cc(OCCN(C)C3CCC3)no2)cc1. The number of carbonyl (C=O) groups is 1. The molecule has 1 aliphatic rings. The monoisotopic (exact) mass is 345 g/mol. The number of likely N-dealkylation sites (N-methyl/N-ethyl adjacent to an activating group) is 1. The Kier molecular flexibility index (Phi) is 5.55. The van der Waals surface area contributed by atoms with Gasteiger partial charge in [0.2, 0.25) is 5.76 Å². The normalized spacial score (nSPS) is 14.2. The van der Waals surface area contributed by atoms with Gasteiger partial charge in [0.1, 0.15) is 12.4 Å². The summed E-state index contributed by atoms with van der Waals surface area (Å²) < 4.78 is 15.7. The second-order valence-electron chi connectivity index (χ2n) is 6.13. The van der Waals surface area contributed by atoms with Gasteiger partial charge in [-0.2, -0.15) is 0 Å². The van der Waals surface area contributed by atoms with Crippen molar-refractivity contribution in [1.29, 1.82) is 0 Å². The summed E-state index contributed by atoms with van der Waals surface area (Å²) in [5.74, 6) is 0.777. The van der Waals surface area contributed by atoms with Crippen LogP contribution in [-0.4, -0.2) is 49.3 Å². The van der Waals surface area contributed by atoms with Gasteiger partial charge in [0.25, 0.3) is 11.8 Å². The second kappa shape index (κ2) is 8.02. The van der Waals surface area contributed by atoms with Crippen LogP contribution in [0.15, 0.2) is 34.9 Å². The van der Waals surface area contributed by atoms with E-state index in [2.05, 4.69) is 22.4 Å². The van der Waals surface area contributed by atoms with Crippen LogP contribution in [-0.2, 0) is 0 Å². The van der Waals surface area contributed by atoms with E-state index in [1.165, 1.54) is 25.3 Å². The molecule has 2 aromatic rings. The number of hydrogen-bond acceptors (Lipinski definition) is 6. The van der Waals surface area contributed by atoms with Gasteiger partial charge >= 0.3 is 0 Å². The predicted molar refractivity (Wildman–Crippen MR) is 93.2 cm³/mol. The number of ether oxygens (including phenoxy) is 2. The summed E-state index contributed by atoms with van der Waals surface area (Å²) in [6.07, 6.45) is 3.83. The van der Waals surface area contributed by atoms with Gasteiger partial charge in [-0.1, -0.05) is 6.42 Å². The average molecular weight is 345 g/mol. The minimum atomic E-state index is -0.376. The summed E-state index contributed by atoms with van der Waals surface area (Å²) in [6, 6.07) is 9.21. The number of amides is 1. The lowest BCUT2D eigenvalue weighted by atomic mass is 9.92. The Labute approximate surface area is 146 Å². The number of nitrogens with zero attached hydrogens (tertiary/aromatic N) is 2. The molecule has 0 atom stereocenters. The highest BCUT2D eigenvalue weighted by molar-refractivity contribution is 6.02. The number of carbonyl (C=O) groups excluding carboxylic acids is 1. The largest absolute Gasteiger partial charge is 0.497 e. The second-order valence-corrected chi connectivity index (χ2v) is 6.13. The Bertz CT molecular complexity index is 695. The molecule has 1 saturated carbocycles. The Morgan fingerprint density at radius 3 is 2.76 bits per heavy atom. The molecule has 0 bridgehead atoms. The van der Waals surface area contributed by atoms with Crippen molar-refractivity contribution < 1.29 is 18.8 Å². The standard InChI is InChI=1S/C18H23N3O4/c1-21(14-4-3-5-14)10-11-24-17-12-16(25-20-17)18(22)19-13-6-8-15(23-2)9-7-13/h6-9,12,14H,3-5,10-11H2,1-2H3,(H,19,22). The van der Waals surface area contributed by atoms with Crippen molar-refractivity contribution in [2.45, 2.75) is 25.3 Å². The van der Waals surface area contributed by atoms with E-state index in [4.69, 9.17) is 14.0 Å². The first kappa shape index (κ1) is 17.3. The summed E-state index contributed by atoms with van der Waals surface area (Å²) in [7, 11) is 3.69. The number of anilines is 1. The van der Waals surface area contributed by atoms with Crippen LogP contribution in [0.25, 0.3) is 0 Å². The quantitative estimate of drug-likeness (QED) is 0.793. The summed E-state index contributed by atoms with van der Waals surface area (Å²) in [6.45, 7) is 1.34. The molecule has 0 saturated heterocycles. The van der Waals surface area contributed by atoms with E-state index in [0.717, 1.165) is 12.3 Å². The van der Waals surface area contributed by atoms with Crippen LogP contribution >= 0.6 is 0 Å². The first-order valence-corrected chi connectivity index (χ1v) is 8.41. The number of methoxy groups -OCH3 is 1. The molecule has 0 radical (unpaired) electrons. The number of rotatable bonds is 8. The summed E-state index contributed by atoms with van der Waals surface area (Å²) in [5, 5.41) is 6.52. The number of nitrogens with one attached hydrogen (secondary N) is 1. The predicted octanol–water partition coefficient (Wildman–Crippen LogP) is 2.80. The van der Waals surface area contributed by atoms with Crippen molar-refractivity contribution in [3.63, 3.8) is 0 Å². The molecule has 1 fully saturated rings. The van der Waals surface area contributed by atoms with Crippen molar-refractivity contribution in [2.24, 2.45) is 0 Å². The van der Waals surface area contributed by atoms with Gasteiger partial charge in [-0.15, -0.1) is 0 Å². The molecule has 1 aliphatic carbocycles. The van der Waals surface area contributed by atoms with Crippen molar-refractivity contribution in [1.82, 2.24) is 10.1 Å². The maximum absolute atomic E-state index is 12.2. The van der Waals surface area contributed by atoms with Gasteiger partial charge in [-0.25, -0.2) is 0 Å². The zero-order valence-corrected chi connectivity index (χ0v) is 14.5. The molecule has 1 N–H and O–H groups in total. The molecule has 1 heterocycles. The minimum absolute atomic E-state index is 0.109. The molecule has 134 valence electrons. The molecule has 1 aromatic heterocycles. The number of hydrogen-bond donors (Lipinski definition) is 1. The average Bonchev–Trinajstić information content (AvgIpc) is 3.03. The maximum atomic E-state index is 12.2. The van der Waals surface area contributed by atoms with Crippen LogP contribution < -0.4 is 14.8 Å². The topological polar surface area (TPSA) is 76.8 Å². The van der Waals surface area contributed by atoms with E-state index < -0.39 is 0 Å². The summed E-state index contributed by atoms with van der Waals surface area (Å²) in [5.41, 5.74) is 0.645. The molecule has 0 unspecified atom stereocenters. The molecule has 3 rings (SSSR count). The van der Waals surface area contributed by atoms with Crippen LogP contribution in [0.3, 0.4) is 0 Å². The molecular formula is C18H23N3O4. The van der Waals surface area contributed by atoms with Gasteiger partial charge in [0, 0.05) is 18.3 Å². The van der Waals surface area contributed by atoms with E-state index in [-0.39, 0.29) is 11.7 Å². The fraction of sp³-hybridized carbons (Fsp3) is 0.444. The van der Waals surface area contributed by atoms with E-state index in [1.54, 1.807) is 31.4 Å². The third-order valence-electron chi connectivity index (χ3n) is 4.45. The smallest absolute Gasteiger partial charge is 0.294 e. The van der Waals surface area contributed by atoms with Gasteiger partial charge in [-0.3, -0.25) is 4.79 Å². The number of benzene rings is 1. The van der Waals surface area contributed by atoms with E-state index >= 15 is 0 Å². The first-order valence-electron chi connectivity index (χ1n) is 8.41. The lowest BCUT2D eigenvalue weighted by Gasteiger charge is -2.34. The Hall–Kier alpha value is -2.54. The van der Waals surface area contributed by atoms with Crippen LogP contribution in [0, 0.1) is 0 Å². The summed E-state index contributed by atoms with van der Waals surface area (Å²) in [4.78, 5) is 14.5. The molecular weight excluding hydrogens is 322 g/mol. The first-order chi connectivity index (χ1) is 12.2. The fourth-order valence-corrected chi connectivity index (χ4v) is 2.61. The van der Waals surface area contributed by atoms with Crippen LogP contribution in [0.4, 0.5) is 5.69 Å². The number of aromatic nitrogens is 1. The van der Waals surface area contributed by atoms with Gasteiger partial charge in [0.15, 0.2) is 0 Å². The van der Waals surface area contributed by atoms with Crippen molar-refractivity contribution in [2.75, 3.05) is 32.6 Å². The molecule has 0 aliphatic heterocycles. The minimum Gasteiger partial charge on any atom is -0.497 e. The van der Waals surface area contributed by atoms with Crippen LogP contribution in [0.1, 0.15) is 29.8 Å². The zero-order chi connectivity index (χ0) is 17.6. The van der Waals surface area contributed by atoms with Gasteiger partial charge in [0.05, 0.1) is 13.2 Å². The molecule has 1 amide bonds. The molecule has 7 heteroatoms. The highest BCUT2D eigenvalue weighted by Crippen LogP contribution is 2.23. The maximum Gasteiger partial charge on any atom is 0.294 e. The van der Waals surface area contributed by atoms with E-state index in [1.807, 2.05) is 0 Å². The molecule has 25 heavy (non-hydrogen) atoms. The van der Waals surface area contributed by atoms with Crippen LogP contribution in [0.5, 0.6) is 11.6 Å².